The zero-order valence-electron chi connectivity index (χ0n) is 8.36. The van der Waals surface area contributed by atoms with Crippen molar-refractivity contribution in [2.24, 2.45) is 0 Å². The number of para-hydroxylation sites is 1. The van der Waals surface area contributed by atoms with E-state index in [9.17, 15) is 0 Å². The molecule has 1 heterocycles. The molecular weight excluding hydrogens is 174 g/mol. The molecule has 72 valence electrons. The number of aryl methyl sites for hydroxylation is 1. The molecule has 0 amide bonds. The Morgan fingerprint density at radius 3 is 2.71 bits per heavy atom. The van der Waals surface area contributed by atoms with Gasteiger partial charge in [0.1, 0.15) is 5.82 Å². The van der Waals surface area contributed by atoms with Crippen LogP contribution in [-0.4, -0.2) is 16.8 Å². The highest BCUT2D eigenvalue weighted by atomic mass is 15.3. The van der Waals surface area contributed by atoms with E-state index >= 15 is 0 Å². The van der Waals surface area contributed by atoms with Crippen LogP contribution in [0.25, 0.3) is 5.69 Å². The predicted octanol–water partition coefficient (Wildman–Crippen LogP) is 2.22. The zero-order chi connectivity index (χ0) is 9.97. The van der Waals surface area contributed by atoms with E-state index in [0.29, 0.717) is 0 Å². The summed E-state index contributed by atoms with van der Waals surface area (Å²) < 4.78 is 1.90. The van der Waals surface area contributed by atoms with Crippen LogP contribution in [0.4, 0.5) is 5.82 Å². The molecule has 0 saturated carbocycles. The van der Waals surface area contributed by atoms with Crippen molar-refractivity contribution in [1.82, 2.24) is 9.78 Å². The molecular formula is C11H13N3. The van der Waals surface area contributed by atoms with Gasteiger partial charge >= 0.3 is 0 Å². The topological polar surface area (TPSA) is 29.9 Å². The lowest BCUT2D eigenvalue weighted by Gasteiger charge is -2.08. The van der Waals surface area contributed by atoms with E-state index < -0.39 is 0 Å². The molecule has 14 heavy (non-hydrogen) atoms. The fourth-order valence-corrected chi connectivity index (χ4v) is 1.49. The summed E-state index contributed by atoms with van der Waals surface area (Å²) in [4.78, 5) is 0. The first-order chi connectivity index (χ1) is 6.83. The number of rotatable bonds is 2. The van der Waals surface area contributed by atoms with Gasteiger partial charge < -0.3 is 5.32 Å². The third kappa shape index (κ3) is 1.37. The van der Waals surface area contributed by atoms with Crippen LogP contribution in [0.2, 0.25) is 0 Å². The van der Waals surface area contributed by atoms with Gasteiger partial charge in [0.25, 0.3) is 0 Å². The Labute approximate surface area is 83.4 Å². The maximum Gasteiger partial charge on any atom is 0.129 e. The van der Waals surface area contributed by atoms with Crippen molar-refractivity contribution in [3.8, 4) is 5.69 Å². The van der Waals surface area contributed by atoms with E-state index in [0.717, 1.165) is 11.5 Å². The largest absolute Gasteiger partial charge is 0.373 e. The Kier molecular flexibility index (Phi) is 2.23. The Hall–Kier alpha value is -1.77. The van der Waals surface area contributed by atoms with Crippen molar-refractivity contribution >= 4 is 5.82 Å². The minimum atomic E-state index is 0.999. The minimum absolute atomic E-state index is 0.999. The Balaban J connectivity index is 2.54. The SMILES string of the molecule is CNc1ccnn1-c1ccccc1C. The summed E-state index contributed by atoms with van der Waals surface area (Å²) in [7, 11) is 1.89. The highest BCUT2D eigenvalue weighted by Gasteiger charge is 2.04. The number of anilines is 1. The molecule has 0 saturated heterocycles. The van der Waals surface area contributed by atoms with Crippen molar-refractivity contribution in [1.29, 1.82) is 0 Å². The molecule has 0 aliphatic rings. The Morgan fingerprint density at radius 1 is 1.21 bits per heavy atom. The standard InChI is InChI=1S/C11H13N3/c1-9-5-3-4-6-10(9)14-11(12-2)7-8-13-14/h3-8,12H,1-2H3. The molecule has 2 aromatic rings. The fraction of sp³-hybridized carbons (Fsp3) is 0.182. The molecule has 0 fully saturated rings. The molecule has 3 heteroatoms. The molecule has 1 aromatic heterocycles. The number of benzene rings is 1. The molecule has 0 unspecified atom stereocenters. The van der Waals surface area contributed by atoms with Crippen LogP contribution in [-0.2, 0) is 0 Å². The second kappa shape index (κ2) is 3.54. The molecule has 0 aliphatic carbocycles. The summed E-state index contributed by atoms with van der Waals surface area (Å²) in [5.74, 6) is 0.999. The van der Waals surface area contributed by atoms with Gasteiger partial charge in [-0.15, -0.1) is 0 Å². The normalized spacial score (nSPS) is 10.1. The fourth-order valence-electron chi connectivity index (χ4n) is 1.49. The van der Waals surface area contributed by atoms with Crippen LogP contribution in [0, 0.1) is 6.92 Å². The maximum atomic E-state index is 4.27. The number of hydrogen-bond donors (Lipinski definition) is 1. The van der Waals surface area contributed by atoms with E-state index in [-0.39, 0.29) is 0 Å². The highest BCUT2D eigenvalue weighted by Crippen LogP contribution is 2.17. The van der Waals surface area contributed by atoms with Gasteiger partial charge in [-0.25, -0.2) is 4.68 Å². The van der Waals surface area contributed by atoms with E-state index in [1.165, 1.54) is 5.56 Å². The third-order valence-corrected chi connectivity index (χ3v) is 2.24. The molecule has 1 N–H and O–H groups in total. The smallest absolute Gasteiger partial charge is 0.129 e. The van der Waals surface area contributed by atoms with Crippen LogP contribution in [0.1, 0.15) is 5.56 Å². The average Bonchev–Trinajstić information content (AvgIpc) is 2.66. The summed E-state index contributed by atoms with van der Waals surface area (Å²) in [6.45, 7) is 2.08. The number of aromatic nitrogens is 2. The molecule has 1 aromatic carbocycles. The predicted molar refractivity (Wildman–Crippen MR) is 57.8 cm³/mol. The maximum absolute atomic E-state index is 4.27. The van der Waals surface area contributed by atoms with Gasteiger partial charge in [0.05, 0.1) is 11.9 Å². The lowest BCUT2D eigenvalue weighted by atomic mass is 10.2. The number of hydrogen-bond acceptors (Lipinski definition) is 2. The van der Waals surface area contributed by atoms with Gasteiger partial charge in [-0.2, -0.15) is 5.10 Å². The van der Waals surface area contributed by atoms with Crippen molar-refractivity contribution in [3.63, 3.8) is 0 Å². The molecule has 0 spiro atoms. The van der Waals surface area contributed by atoms with E-state index in [1.807, 2.05) is 29.9 Å². The van der Waals surface area contributed by atoms with Crippen molar-refractivity contribution < 1.29 is 0 Å². The van der Waals surface area contributed by atoms with Gasteiger partial charge in [0.2, 0.25) is 0 Å². The minimum Gasteiger partial charge on any atom is -0.373 e. The quantitative estimate of drug-likeness (QED) is 0.781. The lowest BCUT2D eigenvalue weighted by molar-refractivity contribution is 0.877. The summed E-state index contributed by atoms with van der Waals surface area (Å²) >= 11 is 0. The average molecular weight is 187 g/mol. The van der Waals surface area contributed by atoms with Crippen LogP contribution in [0.15, 0.2) is 36.5 Å². The van der Waals surface area contributed by atoms with Crippen LogP contribution >= 0.6 is 0 Å². The molecule has 2 rings (SSSR count). The van der Waals surface area contributed by atoms with Crippen molar-refractivity contribution in [2.45, 2.75) is 6.92 Å². The van der Waals surface area contributed by atoms with Gasteiger partial charge in [0, 0.05) is 13.1 Å². The first-order valence-electron chi connectivity index (χ1n) is 4.60. The summed E-state index contributed by atoms with van der Waals surface area (Å²) in [6, 6.07) is 10.1. The third-order valence-electron chi connectivity index (χ3n) is 2.24. The Bertz CT molecular complexity index is 432. The summed E-state index contributed by atoms with van der Waals surface area (Å²) in [5.41, 5.74) is 2.33. The molecule has 0 atom stereocenters. The van der Waals surface area contributed by atoms with Gasteiger partial charge in [-0.1, -0.05) is 18.2 Å². The van der Waals surface area contributed by atoms with Crippen LogP contribution in [0.5, 0.6) is 0 Å². The summed E-state index contributed by atoms with van der Waals surface area (Å²) in [6.07, 6.45) is 1.79. The van der Waals surface area contributed by atoms with Crippen molar-refractivity contribution in [3.05, 3.63) is 42.1 Å². The summed E-state index contributed by atoms with van der Waals surface area (Å²) in [5, 5.41) is 7.37. The Morgan fingerprint density at radius 2 is 2.00 bits per heavy atom. The van der Waals surface area contributed by atoms with Crippen LogP contribution < -0.4 is 5.32 Å². The van der Waals surface area contributed by atoms with Crippen LogP contribution in [0.3, 0.4) is 0 Å². The highest BCUT2D eigenvalue weighted by molar-refractivity contribution is 5.47. The first-order valence-corrected chi connectivity index (χ1v) is 4.60. The van der Waals surface area contributed by atoms with E-state index in [2.05, 4.69) is 29.5 Å². The molecule has 0 radical (unpaired) electrons. The molecule has 0 aliphatic heterocycles. The molecule has 3 nitrogen and oxygen atoms in total. The number of nitrogens with zero attached hydrogens (tertiary/aromatic N) is 2. The zero-order valence-corrected chi connectivity index (χ0v) is 8.36. The van der Waals surface area contributed by atoms with Crippen molar-refractivity contribution in [2.75, 3.05) is 12.4 Å². The second-order valence-electron chi connectivity index (χ2n) is 3.16. The number of nitrogens with one attached hydrogen (secondary N) is 1. The van der Waals surface area contributed by atoms with Gasteiger partial charge in [0.15, 0.2) is 0 Å². The second-order valence-corrected chi connectivity index (χ2v) is 3.16. The monoisotopic (exact) mass is 187 g/mol. The lowest BCUT2D eigenvalue weighted by Crippen LogP contribution is -2.03. The first kappa shape index (κ1) is 8.81. The van der Waals surface area contributed by atoms with E-state index in [1.54, 1.807) is 6.20 Å². The van der Waals surface area contributed by atoms with E-state index in [4.69, 9.17) is 0 Å². The van der Waals surface area contributed by atoms with Gasteiger partial charge in [-0.05, 0) is 18.6 Å². The van der Waals surface area contributed by atoms with Gasteiger partial charge in [-0.3, -0.25) is 0 Å². The molecule has 0 bridgehead atoms.